The van der Waals surface area contributed by atoms with Gasteiger partial charge in [0, 0.05) is 11.1 Å². The standard InChI is InChI=1S/C23H21Br2NO4S2/c1-28-19-10-15(9-18(25)21(19)30-13-14-4-6-16(24)7-5-14)11-20-22(27)26(23(31)32-20)12-17-3-2-8-29-17/h4-7,9-11,17H,2-3,8,12-13H2,1H3/b20-11-/t17-/m1/s1. The average molecular weight is 599 g/mol. The third-order valence-electron chi connectivity index (χ3n) is 5.13. The fraction of sp³-hybridized carbons (Fsp3) is 0.304. The third-order valence-corrected chi connectivity index (χ3v) is 7.63. The predicted molar refractivity (Wildman–Crippen MR) is 138 cm³/mol. The molecule has 2 heterocycles. The number of amides is 1. The van der Waals surface area contributed by atoms with E-state index >= 15 is 0 Å². The van der Waals surface area contributed by atoms with Crippen molar-refractivity contribution in [2.75, 3.05) is 20.3 Å². The highest BCUT2D eigenvalue weighted by atomic mass is 79.9. The van der Waals surface area contributed by atoms with E-state index in [9.17, 15) is 4.79 Å². The van der Waals surface area contributed by atoms with Crippen molar-refractivity contribution in [2.24, 2.45) is 0 Å². The molecule has 168 valence electrons. The van der Waals surface area contributed by atoms with Crippen molar-refractivity contribution in [3.8, 4) is 11.5 Å². The SMILES string of the molecule is COc1cc(/C=C2\SC(=S)N(C[C@H]3CCCO3)C2=O)cc(Br)c1OCc1ccc(Br)cc1. The normalized spacial score (nSPS) is 19.8. The molecule has 0 aliphatic carbocycles. The van der Waals surface area contributed by atoms with E-state index in [-0.39, 0.29) is 12.0 Å². The summed E-state index contributed by atoms with van der Waals surface area (Å²) in [4.78, 5) is 15.2. The van der Waals surface area contributed by atoms with Gasteiger partial charge in [-0.05, 0) is 70.2 Å². The molecule has 2 fully saturated rings. The molecule has 5 nitrogen and oxygen atoms in total. The lowest BCUT2D eigenvalue weighted by atomic mass is 10.1. The first-order chi connectivity index (χ1) is 15.4. The summed E-state index contributed by atoms with van der Waals surface area (Å²) in [7, 11) is 1.60. The molecule has 2 aliphatic rings. The number of thiocarbonyl (C=S) groups is 1. The number of hydrogen-bond donors (Lipinski definition) is 0. The maximum absolute atomic E-state index is 12.9. The molecule has 0 radical (unpaired) electrons. The van der Waals surface area contributed by atoms with Crippen LogP contribution in [0, 0.1) is 0 Å². The fourth-order valence-electron chi connectivity index (χ4n) is 3.50. The summed E-state index contributed by atoms with van der Waals surface area (Å²) < 4.78 is 19.6. The molecule has 0 unspecified atom stereocenters. The van der Waals surface area contributed by atoms with Gasteiger partial charge in [0.05, 0.1) is 29.1 Å². The topological polar surface area (TPSA) is 48.0 Å². The Morgan fingerprint density at radius 3 is 2.75 bits per heavy atom. The molecule has 0 aromatic heterocycles. The highest BCUT2D eigenvalue weighted by Crippen LogP contribution is 2.39. The molecule has 9 heteroatoms. The van der Waals surface area contributed by atoms with E-state index in [1.807, 2.05) is 42.5 Å². The van der Waals surface area contributed by atoms with E-state index in [2.05, 4.69) is 31.9 Å². The zero-order valence-corrected chi connectivity index (χ0v) is 22.1. The average Bonchev–Trinajstić information content (AvgIpc) is 3.38. The van der Waals surface area contributed by atoms with E-state index in [1.165, 1.54) is 11.8 Å². The number of carbonyl (C=O) groups excluding carboxylic acids is 1. The first-order valence-electron chi connectivity index (χ1n) is 10.1. The van der Waals surface area contributed by atoms with Gasteiger partial charge < -0.3 is 14.2 Å². The van der Waals surface area contributed by atoms with Crippen LogP contribution in [-0.4, -0.2) is 41.5 Å². The van der Waals surface area contributed by atoms with Crippen LogP contribution in [-0.2, 0) is 16.1 Å². The molecule has 2 aromatic carbocycles. The van der Waals surface area contributed by atoms with Crippen LogP contribution in [0.25, 0.3) is 6.08 Å². The van der Waals surface area contributed by atoms with Gasteiger partial charge in [-0.1, -0.05) is 52.0 Å². The molecule has 2 aliphatic heterocycles. The highest BCUT2D eigenvalue weighted by molar-refractivity contribution is 9.10. The number of carbonyl (C=O) groups is 1. The number of ether oxygens (including phenoxy) is 3. The second kappa shape index (κ2) is 10.7. The molecule has 0 bridgehead atoms. The van der Waals surface area contributed by atoms with Gasteiger partial charge in [-0.25, -0.2) is 0 Å². The Balaban J connectivity index is 1.50. The minimum absolute atomic E-state index is 0.0632. The summed E-state index contributed by atoms with van der Waals surface area (Å²) >= 11 is 13.8. The summed E-state index contributed by atoms with van der Waals surface area (Å²) in [5.41, 5.74) is 1.86. The lowest BCUT2D eigenvalue weighted by Gasteiger charge is -2.18. The van der Waals surface area contributed by atoms with Crippen molar-refractivity contribution >= 4 is 72.1 Å². The van der Waals surface area contributed by atoms with Crippen LogP contribution >= 0.6 is 55.8 Å². The zero-order chi connectivity index (χ0) is 22.7. The zero-order valence-electron chi connectivity index (χ0n) is 17.3. The van der Waals surface area contributed by atoms with E-state index < -0.39 is 0 Å². The molecular weight excluding hydrogens is 578 g/mol. The number of rotatable bonds is 7. The van der Waals surface area contributed by atoms with Crippen LogP contribution < -0.4 is 9.47 Å². The van der Waals surface area contributed by atoms with E-state index in [1.54, 1.807) is 12.0 Å². The largest absolute Gasteiger partial charge is 0.493 e. The number of benzene rings is 2. The highest BCUT2D eigenvalue weighted by Gasteiger charge is 2.34. The molecule has 1 atom stereocenters. The summed E-state index contributed by atoms with van der Waals surface area (Å²) in [5.74, 6) is 1.11. The summed E-state index contributed by atoms with van der Waals surface area (Å²) in [6.45, 7) is 1.67. The van der Waals surface area contributed by atoms with Crippen LogP contribution in [0.2, 0.25) is 0 Å². The fourth-order valence-corrected chi connectivity index (χ4v) is 5.61. The van der Waals surface area contributed by atoms with Gasteiger partial charge in [-0.2, -0.15) is 0 Å². The van der Waals surface area contributed by atoms with Crippen molar-refractivity contribution in [3.05, 3.63) is 61.4 Å². The minimum atomic E-state index is -0.0823. The lowest BCUT2D eigenvalue weighted by Crippen LogP contribution is -2.35. The minimum Gasteiger partial charge on any atom is -0.493 e. The van der Waals surface area contributed by atoms with E-state index in [0.29, 0.717) is 33.9 Å². The monoisotopic (exact) mass is 597 g/mol. The quantitative estimate of drug-likeness (QED) is 0.280. The first kappa shape index (κ1) is 23.8. The van der Waals surface area contributed by atoms with Gasteiger partial charge in [0.1, 0.15) is 10.9 Å². The lowest BCUT2D eigenvalue weighted by molar-refractivity contribution is -0.123. The van der Waals surface area contributed by atoms with E-state index in [0.717, 1.165) is 39.5 Å². The van der Waals surface area contributed by atoms with Crippen LogP contribution in [0.5, 0.6) is 11.5 Å². The molecule has 32 heavy (non-hydrogen) atoms. The molecule has 4 rings (SSSR count). The second-order valence-electron chi connectivity index (χ2n) is 7.38. The van der Waals surface area contributed by atoms with Crippen molar-refractivity contribution < 1.29 is 19.0 Å². The number of halogens is 2. The van der Waals surface area contributed by atoms with Crippen LogP contribution in [0.4, 0.5) is 0 Å². The van der Waals surface area contributed by atoms with Gasteiger partial charge in [-0.15, -0.1) is 0 Å². The Morgan fingerprint density at radius 1 is 1.28 bits per heavy atom. The van der Waals surface area contributed by atoms with Crippen molar-refractivity contribution in [2.45, 2.75) is 25.6 Å². The Kier molecular flexibility index (Phi) is 7.94. The molecule has 0 spiro atoms. The molecular formula is C23H21Br2NO4S2. The number of methoxy groups -OCH3 is 1. The number of thioether (sulfide) groups is 1. The Morgan fingerprint density at radius 2 is 2.06 bits per heavy atom. The van der Waals surface area contributed by atoms with Crippen LogP contribution in [0.1, 0.15) is 24.0 Å². The van der Waals surface area contributed by atoms with Crippen molar-refractivity contribution in [1.29, 1.82) is 0 Å². The Hall–Kier alpha value is -1.39. The Labute approximate surface area is 213 Å². The molecule has 0 saturated carbocycles. The Bertz CT molecular complexity index is 1050. The van der Waals surface area contributed by atoms with Crippen molar-refractivity contribution in [1.82, 2.24) is 4.90 Å². The summed E-state index contributed by atoms with van der Waals surface area (Å²) in [6.07, 6.45) is 3.88. The molecule has 2 saturated heterocycles. The third kappa shape index (κ3) is 5.56. The predicted octanol–water partition coefficient (Wildman–Crippen LogP) is 6.18. The van der Waals surface area contributed by atoms with Gasteiger partial charge in [-0.3, -0.25) is 9.69 Å². The van der Waals surface area contributed by atoms with Crippen molar-refractivity contribution in [3.63, 3.8) is 0 Å². The molecule has 2 aromatic rings. The summed E-state index contributed by atoms with van der Waals surface area (Å²) in [6, 6.07) is 11.7. The maximum atomic E-state index is 12.9. The number of nitrogens with zero attached hydrogens (tertiary/aromatic N) is 1. The van der Waals surface area contributed by atoms with Crippen LogP contribution in [0.15, 0.2) is 50.2 Å². The van der Waals surface area contributed by atoms with Gasteiger partial charge >= 0.3 is 0 Å². The van der Waals surface area contributed by atoms with Gasteiger partial charge in [0.2, 0.25) is 0 Å². The first-order valence-corrected chi connectivity index (χ1v) is 12.9. The number of hydrogen-bond acceptors (Lipinski definition) is 6. The van der Waals surface area contributed by atoms with Gasteiger partial charge in [0.15, 0.2) is 11.5 Å². The van der Waals surface area contributed by atoms with Gasteiger partial charge in [0.25, 0.3) is 5.91 Å². The smallest absolute Gasteiger partial charge is 0.266 e. The summed E-state index contributed by atoms with van der Waals surface area (Å²) in [5, 5.41) is 0. The maximum Gasteiger partial charge on any atom is 0.266 e. The van der Waals surface area contributed by atoms with E-state index in [4.69, 9.17) is 26.4 Å². The molecule has 0 N–H and O–H groups in total. The van der Waals surface area contributed by atoms with Crippen LogP contribution in [0.3, 0.4) is 0 Å². The molecule has 1 amide bonds. The second-order valence-corrected chi connectivity index (χ2v) is 10.8.